The first-order chi connectivity index (χ1) is 11.8. The molecule has 0 aliphatic heterocycles. The van der Waals surface area contributed by atoms with Crippen LogP contribution in [-0.2, 0) is 6.42 Å². The highest BCUT2D eigenvalue weighted by Gasteiger charge is 2.25. The number of hydrogen-bond acceptors (Lipinski definition) is 0. The fourth-order valence-corrected chi connectivity index (χ4v) is 4.36. The minimum absolute atomic E-state index is 0.787. The van der Waals surface area contributed by atoms with Gasteiger partial charge in [-0.2, -0.15) is 0 Å². The maximum atomic E-state index is 2.51. The molecule has 0 N–H and O–H groups in total. The third kappa shape index (κ3) is 4.62. The van der Waals surface area contributed by atoms with Crippen LogP contribution in [0.5, 0.6) is 0 Å². The highest BCUT2D eigenvalue weighted by Crippen LogP contribution is 2.38. The van der Waals surface area contributed by atoms with E-state index < -0.39 is 0 Å². The molecule has 0 radical (unpaired) electrons. The molecule has 0 heterocycles. The second-order valence-corrected chi connectivity index (χ2v) is 8.09. The Kier molecular flexibility index (Phi) is 6.35. The van der Waals surface area contributed by atoms with Crippen molar-refractivity contribution in [2.45, 2.75) is 71.6 Å². The van der Waals surface area contributed by atoms with Crippen molar-refractivity contribution < 1.29 is 0 Å². The summed E-state index contributed by atoms with van der Waals surface area (Å²) in [5, 5.41) is 0. The van der Waals surface area contributed by atoms with Gasteiger partial charge < -0.3 is 0 Å². The van der Waals surface area contributed by atoms with E-state index in [2.05, 4.69) is 56.3 Å². The van der Waals surface area contributed by atoms with Crippen LogP contribution in [0, 0.1) is 17.8 Å². The Morgan fingerprint density at radius 1 is 0.958 bits per heavy atom. The van der Waals surface area contributed by atoms with Gasteiger partial charge in [0.15, 0.2) is 0 Å². The van der Waals surface area contributed by atoms with Gasteiger partial charge in [0, 0.05) is 0 Å². The van der Waals surface area contributed by atoms with Crippen molar-refractivity contribution >= 4 is 5.57 Å². The zero-order valence-electron chi connectivity index (χ0n) is 15.6. The Morgan fingerprint density at radius 3 is 2.33 bits per heavy atom. The lowest BCUT2D eigenvalue weighted by Gasteiger charge is -2.32. The Labute approximate surface area is 149 Å². The highest BCUT2D eigenvalue weighted by molar-refractivity contribution is 5.75. The quantitative estimate of drug-likeness (QED) is 0.485. The molecule has 1 unspecified atom stereocenters. The largest absolute Gasteiger partial charge is 0.0802 e. The molecule has 0 spiro atoms. The number of allylic oxidation sites excluding steroid dienone is 4. The van der Waals surface area contributed by atoms with Gasteiger partial charge >= 0.3 is 0 Å². The molecule has 1 atom stereocenters. The molecular formula is C24H34. The van der Waals surface area contributed by atoms with Crippen LogP contribution in [0.3, 0.4) is 0 Å². The van der Waals surface area contributed by atoms with Gasteiger partial charge in [-0.1, -0.05) is 82.0 Å². The van der Waals surface area contributed by atoms with E-state index in [1.165, 1.54) is 74.5 Å². The molecule has 3 rings (SSSR count). The predicted molar refractivity (Wildman–Crippen MR) is 106 cm³/mol. The van der Waals surface area contributed by atoms with Gasteiger partial charge in [0.1, 0.15) is 0 Å². The first kappa shape index (κ1) is 17.5. The van der Waals surface area contributed by atoms with Crippen molar-refractivity contribution in [3.63, 3.8) is 0 Å². The summed E-state index contributed by atoms with van der Waals surface area (Å²) < 4.78 is 0. The van der Waals surface area contributed by atoms with E-state index in [0.29, 0.717) is 0 Å². The summed E-state index contributed by atoms with van der Waals surface area (Å²) in [5.74, 6) is 2.67. The number of aryl methyl sites for hydroxylation is 1. The smallest absolute Gasteiger partial charge is 0.0167 e. The average molecular weight is 323 g/mol. The minimum Gasteiger partial charge on any atom is -0.0802 e. The summed E-state index contributed by atoms with van der Waals surface area (Å²) in [6.07, 6.45) is 19.5. The summed E-state index contributed by atoms with van der Waals surface area (Å²) >= 11 is 0. The summed E-state index contributed by atoms with van der Waals surface area (Å²) in [6.45, 7) is 4.68. The molecule has 1 saturated carbocycles. The molecule has 0 aromatic heterocycles. The van der Waals surface area contributed by atoms with Crippen LogP contribution in [0.2, 0.25) is 0 Å². The lowest BCUT2D eigenvalue weighted by atomic mass is 9.74. The van der Waals surface area contributed by atoms with Crippen LogP contribution in [0.4, 0.5) is 0 Å². The Bertz CT molecular complexity index is 552. The number of benzene rings is 1. The molecule has 130 valence electrons. The van der Waals surface area contributed by atoms with Crippen molar-refractivity contribution in [2.24, 2.45) is 17.8 Å². The fourth-order valence-electron chi connectivity index (χ4n) is 4.36. The van der Waals surface area contributed by atoms with Crippen LogP contribution < -0.4 is 0 Å². The first-order valence-corrected chi connectivity index (χ1v) is 10.2. The van der Waals surface area contributed by atoms with Crippen molar-refractivity contribution in [1.82, 2.24) is 0 Å². The second kappa shape index (κ2) is 8.70. The summed E-state index contributed by atoms with van der Waals surface area (Å²) in [7, 11) is 0. The molecular weight excluding hydrogens is 288 g/mol. The number of rotatable bonds is 6. The van der Waals surface area contributed by atoms with Gasteiger partial charge in [0.25, 0.3) is 0 Å². The molecule has 2 aliphatic carbocycles. The molecule has 24 heavy (non-hydrogen) atoms. The molecule has 1 aromatic carbocycles. The van der Waals surface area contributed by atoms with Crippen molar-refractivity contribution in [3.8, 4) is 0 Å². The van der Waals surface area contributed by atoms with Gasteiger partial charge in [0.2, 0.25) is 0 Å². The molecule has 0 amide bonds. The van der Waals surface area contributed by atoms with E-state index >= 15 is 0 Å². The number of hydrogen-bond donors (Lipinski definition) is 0. The van der Waals surface area contributed by atoms with Gasteiger partial charge in [0.05, 0.1) is 0 Å². The fraction of sp³-hybridized carbons (Fsp3) is 0.583. The first-order valence-electron chi connectivity index (χ1n) is 10.2. The van der Waals surface area contributed by atoms with Gasteiger partial charge in [-0.15, -0.1) is 0 Å². The zero-order chi connectivity index (χ0) is 16.8. The van der Waals surface area contributed by atoms with Crippen molar-refractivity contribution in [3.05, 3.63) is 53.6 Å². The van der Waals surface area contributed by atoms with Gasteiger partial charge in [-0.25, -0.2) is 0 Å². The van der Waals surface area contributed by atoms with Crippen LogP contribution in [0.15, 0.2) is 42.5 Å². The normalized spacial score (nSPS) is 27.1. The average Bonchev–Trinajstić information content (AvgIpc) is 2.63. The van der Waals surface area contributed by atoms with E-state index in [-0.39, 0.29) is 0 Å². The monoisotopic (exact) mass is 322 g/mol. The lowest BCUT2D eigenvalue weighted by Crippen LogP contribution is -2.20. The van der Waals surface area contributed by atoms with E-state index in [0.717, 1.165) is 17.8 Å². The van der Waals surface area contributed by atoms with E-state index in [9.17, 15) is 0 Å². The maximum Gasteiger partial charge on any atom is -0.0167 e. The maximum absolute atomic E-state index is 2.51. The molecule has 0 nitrogen and oxygen atoms in total. The van der Waals surface area contributed by atoms with Crippen LogP contribution in [0.25, 0.3) is 5.57 Å². The zero-order valence-corrected chi connectivity index (χ0v) is 15.6. The van der Waals surface area contributed by atoms with Crippen molar-refractivity contribution in [2.75, 3.05) is 0 Å². The number of unbranched alkanes of at least 4 members (excludes halogenated alkanes) is 2. The Morgan fingerprint density at radius 2 is 1.71 bits per heavy atom. The summed E-state index contributed by atoms with van der Waals surface area (Å²) in [6, 6.07) is 9.29. The standard InChI is InChI=1S/C24H34/c1-3-4-5-6-20-9-13-22(14-10-20)24-17-15-23(16-18-24)21-11-7-19(2)8-12-21/h9-10,13-15,17-19,21,23H,3-8,11-12,16H2,1-2H3. The van der Waals surface area contributed by atoms with Gasteiger partial charge in [-0.05, 0) is 66.6 Å². The molecule has 0 bridgehead atoms. The topological polar surface area (TPSA) is 0 Å². The third-order valence-corrected chi connectivity index (χ3v) is 6.16. The van der Waals surface area contributed by atoms with Crippen LogP contribution in [0.1, 0.15) is 76.3 Å². The van der Waals surface area contributed by atoms with Crippen LogP contribution >= 0.6 is 0 Å². The van der Waals surface area contributed by atoms with Crippen molar-refractivity contribution in [1.29, 1.82) is 0 Å². The highest BCUT2D eigenvalue weighted by atomic mass is 14.3. The summed E-state index contributed by atoms with van der Waals surface area (Å²) in [5.41, 5.74) is 4.30. The molecule has 1 aromatic rings. The Hall–Kier alpha value is -1.30. The predicted octanol–water partition coefficient (Wildman–Crippen LogP) is 7.21. The minimum atomic E-state index is 0.787. The third-order valence-electron chi connectivity index (χ3n) is 6.16. The van der Waals surface area contributed by atoms with E-state index in [1.807, 2.05) is 0 Å². The molecule has 2 aliphatic rings. The lowest BCUT2D eigenvalue weighted by molar-refractivity contribution is 0.240. The van der Waals surface area contributed by atoms with Gasteiger partial charge in [-0.3, -0.25) is 0 Å². The molecule has 1 fully saturated rings. The van der Waals surface area contributed by atoms with Crippen LogP contribution in [-0.4, -0.2) is 0 Å². The second-order valence-electron chi connectivity index (χ2n) is 8.09. The summed E-state index contributed by atoms with van der Waals surface area (Å²) in [4.78, 5) is 0. The molecule has 0 saturated heterocycles. The van der Waals surface area contributed by atoms with E-state index in [4.69, 9.17) is 0 Å². The SMILES string of the molecule is CCCCCc1ccc(C2=CCC(C3CCC(C)CC3)C=C2)cc1. The Balaban J connectivity index is 1.54. The molecule has 0 heteroatoms. The van der Waals surface area contributed by atoms with E-state index in [1.54, 1.807) is 0 Å².